The molecule has 19 heavy (non-hydrogen) atoms. The van der Waals surface area contributed by atoms with Gasteiger partial charge in [-0.2, -0.15) is 0 Å². The first kappa shape index (κ1) is 11.4. The van der Waals surface area contributed by atoms with Crippen molar-refractivity contribution in [2.75, 3.05) is 0 Å². The maximum atomic E-state index is 12.1. The molecular weight excluding hydrogens is 240 g/mol. The van der Waals surface area contributed by atoms with Gasteiger partial charge in [0, 0.05) is 0 Å². The molecule has 0 amide bonds. The molecule has 3 nitrogen and oxygen atoms in total. The zero-order valence-corrected chi connectivity index (χ0v) is 10.00. The third-order valence-corrected chi connectivity index (χ3v) is 3.03. The Kier molecular flexibility index (Phi) is 2.72. The number of benzene rings is 2. The molecule has 0 bridgehead atoms. The van der Waals surface area contributed by atoms with Crippen molar-refractivity contribution in [2.45, 2.75) is 0 Å². The van der Waals surface area contributed by atoms with E-state index in [0.29, 0.717) is 17.3 Å². The summed E-state index contributed by atoms with van der Waals surface area (Å²) in [6.07, 6.45) is 1.71. The molecule has 0 aliphatic rings. The highest BCUT2D eigenvalue weighted by atomic mass is 16.3. The number of aldehydes is 1. The number of rotatable bonds is 2. The monoisotopic (exact) mass is 250 g/mol. The summed E-state index contributed by atoms with van der Waals surface area (Å²) < 4.78 is 5.27. The summed E-state index contributed by atoms with van der Waals surface area (Å²) in [5, 5.41) is 0.422. The third-order valence-electron chi connectivity index (χ3n) is 3.03. The first-order chi connectivity index (χ1) is 9.29. The molecule has 0 atom stereocenters. The molecule has 1 aromatic heterocycles. The van der Waals surface area contributed by atoms with E-state index in [0.717, 1.165) is 11.1 Å². The summed E-state index contributed by atoms with van der Waals surface area (Å²) in [5.74, 6) is 0. The van der Waals surface area contributed by atoms with Gasteiger partial charge in [-0.15, -0.1) is 0 Å². The standard InChI is InChI=1S/C16H10O3/c17-9-13-10-19-15-7-6-12(8-14(15)16(13)18)11-4-2-1-3-5-11/h1-10H. The molecule has 0 aliphatic carbocycles. The van der Waals surface area contributed by atoms with Crippen LogP contribution in [0, 0.1) is 0 Å². The second-order valence-electron chi connectivity index (χ2n) is 4.21. The van der Waals surface area contributed by atoms with Crippen LogP contribution in [0.3, 0.4) is 0 Å². The summed E-state index contributed by atoms with van der Waals surface area (Å²) >= 11 is 0. The highest BCUT2D eigenvalue weighted by Crippen LogP contribution is 2.22. The maximum Gasteiger partial charge on any atom is 0.203 e. The lowest BCUT2D eigenvalue weighted by atomic mass is 10.0. The Labute approximate surface area is 109 Å². The van der Waals surface area contributed by atoms with E-state index in [1.165, 1.54) is 6.26 Å². The fourth-order valence-corrected chi connectivity index (χ4v) is 2.04. The smallest absolute Gasteiger partial charge is 0.203 e. The average molecular weight is 250 g/mol. The molecular formula is C16H10O3. The Hall–Kier alpha value is -2.68. The number of carbonyl (C=O) groups excluding carboxylic acids is 1. The van der Waals surface area contributed by atoms with Crippen molar-refractivity contribution in [3.63, 3.8) is 0 Å². The summed E-state index contributed by atoms with van der Waals surface area (Å²) in [6.45, 7) is 0. The van der Waals surface area contributed by atoms with Gasteiger partial charge < -0.3 is 4.42 Å². The molecule has 0 unspecified atom stereocenters. The SMILES string of the molecule is O=Cc1coc2ccc(-c3ccccc3)cc2c1=O. The quantitative estimate of drug-likeness (QED) is 0.656. The molecule has 0 fully saturated rings. The molecule has 3 rings (SSSR count). The lowest BCUT2D eigenvalue weighted by Gasteiger charge is -2.03. The first-order valence-corrected chi connectivity index (χ1v) is 5.86. The van der Waals surface area contributed by atoms with Crippen molar-refractivity contribution in [3.05, 3.63) is 70.6 Å². The van der Waals surface area contributed by atoms with E-state index in [-0.39, 0.29) is 11.0 Å². The van der Waals surface area contributed by atoms with Crippen LogP contribution in [0.5, 0.6) is 0 Å². The Morgan fingerprint density at radius 1 is 0.947 bits per heavy atom. The van der Waals surface area contributed by atoms with Crippen molar-refractivity contribution >= 4 is 17.3 Å². The highest BCUT2D eigenvalue weighted by molar-refractivity contribution is 5.87. The van der Waals surface area contributed by atoms with Gasteiger partial charge >= 0.3 is 0 Å². The van der Waals surface area contributed by atoms with E-state index in [2.05, 4.69) is 0 Å². The van der Waals surface area contributed by atoms with Crippen LogP contribution in [0.25, 0.3) is 22.1 Å². The largest absolute Gasteiger partial charge is 0.463 e. The number of carbonyl (C=O) groups is 1. The summed E-state index contributed by atoms with van der Waals surface area (Å²) in [7, 11) is 0. The van der Waals surface area contributed by atoms with Crippen LogP contribution < -0.4 is 5.43 Å². The molecule has 3 aromatic rings. The molecule has 0 aliphatic heterocycles. The molecule has 2 aromatic carbocycles. The van der Waals surface area contributed by atoms with E-state index in [4.69, 9.17) is 4.42 Å². The zero-order valence-electron chi connectivity index (χ0n) is 10.00. The summed E-state index contributed by atoms with van der Waals surface area (Å²) in [6, 6.07) is 15.1. The molecule has 0 saturated heterocycles. The summed E-state index contributed by atoms with van der Waals surface area (Å²) in [5.41, 5.74) is 2.16. The van der Waals surface area contributed by atoms with Gasteiger partial charge in [0.2, 0.25) is 5.43 Å². The predicted octanol–water partition coefficient (Wildman–Crippen LogP) is 3.27. The van der Waals surface area contributed by atoms with E-state index in [1.54, 1.807) is 12.1 Å². The lowest BCUT2D eigenvalue weighted by Crippen LogP contribution is -2.07. The molecule has 0 spiro atoms. The Morgan fingerprint density at radius 3 is 2.47 bits per heavy atom. The minimum Gasteiger partial charge on any atom is -0.463 e. The first-order valence-electron chi connectivity index (χ1n) is 5.86. The lowest BCUT2D eigenvalue weighted by molar-refractivity contribution is 0.112. The van der Waals surface area contributed by atoms with Gasteiger partial charge in [-0.3, -0.25) is 9.59 Å². The molecule has 1 heterocycles. The van der Waals surface area contributed by atoms with Crippen LogP contribution in [0.15, 0.2) is 64.0 Å². The highest BCUT2D eigenvalue weighted by Gasteiger charge is 2.07. The topological polar surface area (TPSA) is 47.3 Å². The minimum atomic E-state index is -0.297. The Morgan fingerprint density at radius 2 is 1.74 bits per heavy atom. The van der Waals surface area contributed by atoms with E-state index in [9.17, 15) is 9.59 Å². The van der Waals surface area contributed by atoms with Crippen molar-refractivity contribution in [1.82, 2.24) is 0 Å². The van der Waals surface area contributed by atoms with Gasteiger partial charge in [0.1, 0.15) is 11.8 Å². The zero-order chi connectivity index (χ0) is 13.2. The van der Waals surface area contributed by atoms with Crippen LogP contribution in [0.4, 0.5) is 0 Å². The fourth-order valence-electron chi connectivity index (χ4n) is 2.04. The van der Waals surface area contributed by atoms with Crippen LogP contribution in [0.1, 0.15) is 10.4 Å². The number of hydrogen-bond donors (Lipinski definition) is 0. The van der Waals surface area contributed by atoms with Crippen molar-refractivity contribution in [2.24, 2.45) is 0 Å². The molecule has 0 N–H and O–H groups in total. The normalized spacial score (nSPS) is 10.5. The molecule has 92 valence electrons. The van der Waals surface area contributed by atoms with Crippen molar-refractivity contribution < 1.29 is 9.21 Å². The average Bonchev–Trinajstić information content (AvgIpc) is 2.48. The van der Waals surface area contributed by atoms with Gasteiger partial charge in [0.25, 0.3) is 0 Å². The number of hydrogen-bond acceptors (Lipinski definition) is 3. The molecule has 0 radical (unpaired) electrons. The minimum absolute atomic E-state index is 0.0395. The van der Waals surface area contributed by atoms with E-state index >= 15 is 0 Å². The van der Waals surface area contributed by atoms with Crippen molar-refractivity contribution in [3.8, 4) is 11.1 Å². The van der Waals surface area contributed by atoms with Gasteiger partial charge in [-0.25, -0.2) is 0 Å². The summed E-state index contributed by atoms with van der Waals surface area (Å²) in [4.78, 5) is 22.8. The fraction of sp³-hybridized carbons (Fsp3) is 0. The van der Waals surface area contributed by atoms with Crippen LogP contribution in [0.2, 0.25) is 0 Å². The van der Waals surface area contributed by atoms with E-state index in [1.807, 2.05) is 36.4 Å². The molecule has 3 heteroatoms. The van der Waals surface area contributed by atoms with Crippen LogP contribution >= 0.6 is 0 Å². The van der Waals surface area contributed by atoms with Gasteiger partial charge in [0.05, 0.1) is 10.9 Å². The van der Waals surface area contributed by atoms with Gasteiger partial charge in [-0.1, -0.05) is 36.4 Å². The molecule has 0 saturated carbocycles. The Bertz CT molecular complexity index is 801. The van der Waals surface area contributed by atoms with Gasteiger partial charge in [0.15, 0.2) is 6.29 Å². The predicted molar refractivity (Wildman–Crippen MR) is 73.3 cm³/mol. The number of fused-ring (bicyclic) bond motifs is 1. The third kappa shape index (κ3) is 1.95. The van der Waals surface area contributed by atoms with Crippen LogP contribution in [-0.4, -0.2) is 6.29 Å². The second kappa shape index (κ2) is 4.53. The van der Waals surface area contributed by atoms with E-state index < -0.39 is 0 Å². The van der Waals surface area contributed by atoms with Crippen molar-refractivity contribution in [1.29, 1.82) is 0 Å². The van der Waals surface area contributed by atoms with Crippen LogP contribution in [-0.2, 0) is 0 Å². The second-order valence-corrected chi connectivity index (χ2v) is 4.21. The van der Waals surface area contributed by atoms with Gasteiger partial charge in [-0.05, 0) is 23.3 Å². The maximum absolute atomic E-state index is 12.1. The Balaban J connectivity index is 2.28.